The van der Waals surface area contributed by atoms with Crippen molar-refractivity contribution in [1.82, 2.24) is 4.90 Å². The van der Waals surface area contributed by atoms with Crippen molar-refractivity contribution >= 4 is 23.5 Å². The number of hydrogen-bond acceptors (Lipinski definition) is 2. The van der Waals surface area contributed by atoms with Crippen LogP contribution in [0.3, 0.4) is 0 Å². The van der Waals surface area contributed by atoms with Crippen LogP contribution in [0.1, 0.15) is 34.7 Å². The van der Waals surface area contributed by atoms with Gasteiger partial charge in [0, 0.05) is 11.8 Å². The fourth-order valence-corrected chi connectivity index (χ4v) is 7.26. The molecule has 1 saturated heterocycles. The minimum Gasteiger partial charge on any atom is -0.276 e. The third-order valence-electron chi connectivity index (χ3n) is 8.43. The zero-order valence-electron chi connectivity index (χ0n) is 18.4. The van der Waals surface area contributed by atoms with Gasteiger partial charge in [0.1, 0.15) is 10.8 Å². The lowest BCUT2D eigenvalue weighted by molar-refractivity contribution is -0.141. The standard InChI is InChI=1S/C30H23NO2/c1-19-17-26-25-16-15-21-11-5-7-13-23(21)29(25)27(32)31(18-20-9-3-2-4-10-20)28(33)30(26,29)24-14-8-6-12-22(19)24/h2-17,25-26H,18H2,1H3. The Morgan fingerprint density at radius 2 is 1.39 bits per heavy atom. The van der Waals surface area contributed by atoms with Gasteiger partial charge in [-0.1, -0.05) is 97.1 Å². The van der Waals surface area contributed by atoms with Crippen LogP contribution in [0.2, 0.25) is 0 Å². The third-order valence-corrected chi connectivity index (χ3v) is 8.43. The second kappa shape index (κ2) is 6.20. The minimum absolute atomic E-state index is 0.0331. The van der Waals surface area contributed by atoms with E-state index in [0.717, 1.165) is 27.8 Å². The van der Waals surface area contributed by atoms with Gasteiger partial charge in [0.05, 0.1) is 6.54 Å². The average Bonchev–Trinajstić information content (AvgIpc) is 2.99. The maximum Gasteiger partial charge on any atom is 0.242 e. The number of nitrogens with zero attached hydrogens (tertiary/aromatic N) is 1. The number of amides is 2. The molecule has 4 unspecified atom stereocenters. The van der Waals surface area contributed by atoms with E-state index in [4.69, 9.17) is 0 Å². The van der Waals surface area contributed by atoms with E-state index in [2.05, 4.69) is 49.4 Å². The van der Waals surface area contributed by atoms with Crippen molar-refractivity contribution in [2.75, 3.05) is 0 Å². The number of imide groups is 1. The van der Waals surface area contributed by atoms with Gasteiger partial charge in [-0.2, -0.15) is 0 Å². The molecule has 2 fully saturated rings. The molecule has 0 aromatic heterocycles. The largest absolute Gasteiger partial charge is 0.276 e. The molecule has 4 atom stereocenters. The van der Waals surface area contributed by atoms with Gasteiger partial charge in [-0.05, 0) is 40.3 Å². The highest BCUT2D eigenvalue weighted by Crippen LogP contribution is 2.74. The summed E-state index contributed by atoms with van der Waals surface area (Å²) in [6.07, 6.45) is 6.57. The second-order valence-corrected chi connectivity index (χ2v) is 9.69. The molecule has 3 aromatic carbocycles. The van der Waals surface area contributed by atoms with Gasteiger partial charge in [-0.3, -0.25) is 14.5 Å². The van der Waals surface area contributed by atoms with E-state index in [1.165, 1.54) is 5.57 Å². The van der Waals surface area contributed by atoms with Crippen molar-refractivity contribution in [1.29, 1.82) is 0 Å². The Bertz CT molecular complexity index is 1420. The summed E-state index contributed by atoms with van der Waals surface area (Å²) in [5.74, 6) is -0.182. The molecule has 3 heteroatoms. The van der Waals surface area contributed by atoms with Crippen molar-refractivity contribution in [3.8, 4) is 0 Å². The maximum atomic E-state index is 14.5. The Morgan fingerprint density at radius 1 is 0.758 bits per heavy atom. The molecular weight excluding hydrogens is 406 g/mol. The van der Waals surface area contributed by atoms with E-state index in [9.17, 15) is 9.59 Å². The second-order valence-electron chi connectivity index (χ2n) is 9.69. The molecule has 4 aliphatic rings. The number of allylic oxidation sites excluding steroid dienone is 3. The summed E-state index contributed by atoms with van der Waals surface area (Å²) in [6.45, 7) is 2.42. The maximum absolute atomic E-state index is 14.5. The Morgan fingerprint density at radius 3 is 2.18 bits per heavy atom. The van der Waals surface area contributed by atoms with Gasteiger partial charge in [-0.25, -0.2) is 0 Å². The van der Waals surface area contributed by atoms with Crippen molar-refractivity contribution in [2.24, 2.45) is 11.8 Å². The summed E-state index contributed by atoms with van der Waals surface area (Å²) in [5, 5.41) is 0. The zero-order valence-corrected chi connectivity index (χ0v) is 18.4. The summed E-state index contributed by atoms with van der Waals surface area (Å²) in [7, 11) is 0. The predicted molar refractivity (Wildman–Crippen MR) is 128 cm³/mol. The lowest BCUT2D eigenvalue weighted by Crippen LogP contribution is -2.73. The first-order valence-corrected chi connectivity index (χ1v) is 11.6. The first kappa shape index (κ1) is 18.8. The number of likely N-dealkylation sites (tertiary alicyclic amines) is 1. The predicted octanol–water partition coefficient (Wildman–Crippen LogP) is 5.12. The van der Waals surface area contributed by atoms with Crippen LogP contribution in [0, 0.1) is 11.8 Å². The number of carbonyl (C=O) groups excluding carboxylic acids is 2. The van der Waals surface area contributed by atoms with Gasteiger partial charge in [0.15, 0.2) is 0 Å². The Balaban J connectivity index is 1.54. The normalized spacial score (nSPS) is 30.5. The van der Waals surface area contributed by atoms with Gasteiger partial charge in [0.25, 0.3) is 0 Å². The number of benzene rings is 3. The molecule has 2 spiro atoms. The molecule has 160 valence electrons. The van der Waals surface area contributed by atoms with Gasteiger partial charge < -0.3 is 0 Å². The molecule has 1 aliphatic heterocycles. The first-order valence-electron chi connectivity index (χ1n) is 11.6. The monoisotopic (exact) mass is 429 g/mol. The Hall–Kier alpha value is -3.72. The quantitative estimate of drug-likeness (QED) is 0.530. The summed E-state index contributed by atoms with van der Waals surface area (Å²) >= 11 is 0. The van der Waals surface area contributed by atoms with E-state index in [1.54, 1.807) is 4.90 Å². The van der Waals surface area contributed by atoms with E-state index >= 15 is 0 Å². The fraction of sp³-hybridized carbons (Fsp3) is 0.200. The molecule has 1 heterocycles. The molecule has 7 rings (SSSR count). The molecule has 1 saturated carbocycles. The molecule has 2 amide bonds. The Labute approximate surface area is 193 Å². The summed E-state index contributed by atoms with van der Waals surface area (Å²) < 4.78 is 0. The van der Waals surface area contributed by atoms with E-state index < -0.39 is 10.8 Å². The molecule has 3 nitrogen and oxygen atoms in total. The van der Waals surface area contributed by atoms with Crippen LogP contribution in [-0.2, 0) is 27.0 Å². The number of hydrogen-bond donors (Lipinski definition) is 0. The fourth-order valence-electron chi connectivity index (χ4n) is 7.26. The molecular formula is C30H23NO2. The van der Waals surface area contributed by atoms with Crippen molar-refractivity contribution in [2.45, 2.75) is 24.3 Å². The van der Waals surface area contributed by atoms with Crippen LogP contribution in [-0.4, -0.2) is 16.7 Å². The highest BCUT2D eigenvalue weighted by atomic mass is 16.2. The number of fused-ring (bicyclic) bond motifs is 3. The van der Waals surface area contributed by atoms with Crippen LogP contribution >= 0.6 is 0 Å². The van der Waals surface area contributed by atoms with Gasteiger partial charge in [-0.15, -0.1) is 0 Å². The smallest absolute Gasteiger partial charge is 0.242 e. The number of carbonyl (C=O) groups is 2. The SMILES string of the molecule is CC1=CC2C3C=Cc4ccccc4C34C(=O)N(Cc3ccccc3)C(=O)C24c2ccccc21. The highest BCUT2D eigenvalue weighted by Gasteiger charge is 2.85. The lowest BCUT2D eigenvalue weighted by Gasteiger charge is -2.65. The Kier molecular flexibility index (Phi) is 3.53. The molecule has 3 aromatic rings. The van der Waals surface area contributed by atoms with Crippen molar-refractivity contribution < 1.29 is 9.59 Å². The zero-order chi connectivity index (χ0) is 22.4. The van der Waals surface area contributed by atoms with Gasteiger partial charge >= 0.3 is 0 Å². The van der Waals surface area contributed by atoms with E-state index in [0.29, 0.717) is 6.54 Å². The van der Waals surface area contributed by atoms with E-state index in [1.807, 2.05) is 54.6 Å². The summed E-state index contributed by atoms with van der Waals surface area (Å²) in [5.41, 5.74) is 4.47. The van der Waals surface area contributed by atoms with Crippen molar-refractivity contribution in [3.63, 3.8) is 0 Å². The summed E-state index contributed by atoms with van der Waals surface area (Å²) in [6, 6.07) is 26.2. The third kappa shape index (κ3) is 1.94. The topological polar surface area (TPSA) is 37.4 Å². The summed E-state index contributed by atoms with van der Waals surface area (Å²) in [4.78, 5) is 30.6. The lowest BCUT2D eigenvalue weighted by atomic mass is 9.33. The molecule has 0 radical (unpaired) electrons. The van der Waals surface area contributed by atoms with Crippen LogP contribution < -0.4 is 0 Å². The molecule has 33 heavy (non-hydrogen) atoms. The van der Waals surface area contributed by atoms with Crippen LogP contribution in [0.4, 0.5) is 0 Å². The average molecular weight is 430 g/mol. The number of rotatable bonds is 2. The first-order chi connectivity index (χ1) is 16.1. The van der Waals surface area contributed by atoms with Crippen molar-refractivity contribution in [3.05, 3.63) is 119 Å². The molecule has 0 bridgehead atoms. The van der Waals surface area contributed by atoms with Crippen LogP contribution in [0.15, 0.2) is 91.0 Å². The van der Waals surface area contributed by atoms with E-state index in [-0.39, 0.29) is 23.7 Å². The van der Waals surface area contributed by atoms with Gasteiger partial charge in [0.2, 0.25) is 11.8 Å². The van der Waals surface area contributed by atoms with Crippen LogP contribution in [0.25, 0.3) is 11.6 Å². The molecule has 3 aliphatic carbocycles. The molecule has 0 N–H and O–H groups in total. The van der Waals surface area contributed by atoms with Crippen LogP contribution in [0.5, 0.6) is 0 Å². The highest BCUT2D eigenvalue weighted by molar-refractivity contribution is 6.20. The minimum atomic E-state index is -0.902.